The maximum absolute atomic E-state index is 11.3. The third kappa shape index (κ3) is 11.3. The number of epoxide rings is 3. The number of ether oxygens (including phenoxy) is 7. The summed E-state index contributed by atoms with van der Waals surface area (Å²) in [7, 11) is 0. The summed E-state index contributed by atoms with van der Waals surface area (Å²) in [5.74, 6) is 2.92. The Bertz CT molecular complexity index is 2330. The van der Waals surface area contributed by atoms with Crippen LogP contribution in [-0.4, -0.2) is 70.8 Å². The molecule has 3 saturated heterocycles. The van der Waals surface area contributed by atoms with Gasteiger partial charge in [0.2, 0.25) is 0 Å². The Kier molecular flexibility index (Phi) is 14.3. The molecule has 8 heteroatoms. The summed E-state index contributed by atoms with van der Waals surface area (Å²) in [4.78, 5) is 11.3. The summed E-state index contributed by atoms with van der Waals surface area (Å²) in [5.41, 5.74) is 10.9. The maximum atomic E-state index is 11.3. The molecule has 8 rings (SSSR count). The van der Waals surface area contributed by atoms with Gasteiger partial charge in [0.25, 0.3) is 0 Å². The van der Waals surface area contributed by atoms with Gasteiger partial charge in [-0.05, 0) is 106 Å². The van der Waals surface area contributed by atoms with Crippen molar-refractivity contribution in [2.75, 3.05) is 46.2 Å². The Labute approximate surface area is 371 Å². The summed E-state index contributed by atoms with van der Waals surface area (Å²) < 4.78 is 40.9. The number of carbonyl (C=O) groups is 1. The number of benzene rings is 5. The highest BCUT2D eigenvalue weighted by molar-refractivity contribution is 5.55. The minimum absolute atomic E-state index is 0.0195. The van der Waals surface area contributed by atoms with Crippen molar-refractivity contribution < 1.29 is 38.0 Å². The molecule has 5 aromatic carbocycles. The zero-order chi connectivity index (χ0) is 43.5. The normalized spacial score (nSPS) is 18.0. The second-order valence-electron chi connectivity index (χ2n) is 16.2. The number of aldehydes is 1. The lowest BCUT2D eigenvalue weighted by Crippen LogP contribution is -2.10. The van der Waals surface area contributed by atoms with Crippen molar-refractivity contribution >= 4 is 6.29 Å². The van der Waals surface area contributed by atoms with E-state index in [1.54, 1.807) is 0 Å². The largest absolute Gasteiger partial charge is 0.490 e. The van der Waals surface area contributed by atoms with E-state index in [0.29, 0.717) is 51.3 Å². The number of allylic oxidation sites excluding steroid dienone is 4. The number of carbonyl (C=O) groups excluding carboxylic acids is 1. The summed E-state index contributed by atoms with van der Waals surface area (Å²) in [6.45, 7) is 19.9. The number of hydrogen-bond donors (Lipinski definition) is 0. The molecule has 4 atom stereocenters. The lowest BCUT2D eigenvalue weighted by molar-refractivity contribution is -0.109. The highest BCUT2D eigenvalue weighted by atomic mass is 16.6. The quantitative estimate of drug-likeness (QED) is 0.0235. The average molecular weight is 845 g/mol. The first-order chi connectivity index (χ1) is 31.0. The standard InChI is InChI=1S/C55H56O8/c1-5-9-39-27-43(17-21-50(39)57-26-25-56)54(44-18-22-51(40(28-44)10-6-2)61-34-47-31-58-47)37-13-15-38(16-14-37)55(45-19-23-52(41(29-45)11-7-3)62-35-48-32-59-48)46-20-24-53(42(30-46)12-8-4)63-36-49-33-60-49/h5-8,13-25,27-30,47-49,54-55H,1-4,9-12,26,31-36H2. The second-order valence-corrected chi connectivity index (χ2v) is 16.2. The summed E-state index contributed by atoms with van der Waals surface area (Å²) in [6, 6.07) is 34.7. The molecular formula is C55H56O8. The minimum atomic E-state index is -0.150. The van der Waals surface area contributed by atoms with Crippen LogP contribution in [0.5, 0.6) is 23.0 Å². The Hall–Kier alpha value is -6.19. The van der Waals surface area contributed by atoms with Gasteiger partial charge in [0, 0.05) is 11.8 Å². The Morgan fingerprint density at radius 2 is 0.714 bits per heavy atom. The molecule has 4 unspecified atom stereocenters. The van der Waals surface area contributed by atoms with Gasteiger partial charge in [-0.25, -0.2) is 0 Å². The van der Waals surface area contributed by atoms with Crippen molar-refractivity contribution in [3.63, 3.8) is 0 Å². The zero-order valence-corrected chi connectivity index (χ0v) is 35.9. The number of hydrogen-bond acceptors (Lipinski definition) is 8. The molecule has 0 saturated carbocycles. The molecule has 3 aliphatic heterocycles. The monoisotopic (exact) mass is 844 g/mol. The van der Waals surface area contributed by atoms with Crippen molar-refractivity contribution in [3.8, 4) is 23.0 Å². The molecule has 0 bridgehead atoms. The van der Waals surface area contributed by atoms with E-state index in [1.807, 2.05) is 30.4 Å². The molecule has 0 amide bonds. The van der Waals surface area contributed by atoms with Gasteiger partial charge in [0.05, 0.1) is 19.8 Å². The van der Waals surface area contributed by atoms with Crippen molar-refractivity contribution in [1.29, 1.82) is 0 Å². The fourth-order valence-electron chi connectivity index (χ4n) is 8.14. The molecule has 3 fully saturated rings. The molecule has 3 heterocycles. The molecule has 0 aliphatic carbocycles. The van der Waals surface area contributed by atoms with Gasteiger partial charge in [0.1, 0.15) is 67.7 Å². The lowest BCUT2D eigenvalue weighted by atomic mass is 9.80. The van der Waals surface area contributed by atoms with Crippen molar-refractivity contribution in [2.45, 2.75) is 55.8 Å². The fraction of sp³-hybridized carbons (Fsp3) is 0.291. The molecule has 0 radical (unpaired) electrons. The molecule has 63 heavy (non-hydrogen) atoms. The third-order valence-corrected chi connectivity index (χ3v) is 11.5. The summed E-state index contributed by atoms with van der Waals surface area (Å²) in [6.07, 6.45) is 11.4. The molecular weight excluding hydrogens is 789 g/mol. The van der Waals surface area contributed by atoms with Crippen LogP contribution in [0.4, 0.5) is 0 Å². The first-order valence-corrected chi connectivity index (χ1v) is 21.8. The van der Waals surface area contributed by atoms with Crippen LogP contribution in [0.2, 0.25) is 0 Å². The molecule has 0 aromatic heterocycles. The predicted molar refractivity (Wildman–Crippen MR) is 247 cm³/mol. The smallest absolute Gasteiger partial charge is 0.157 e. The first kappa shape index (κ1) is 43.5. The molecule has 0 spiro atoms. The Balaban J connectivity index is 1.21. The van der Waals surface area contributed by atoms with Crippen molar-refractivity contribution in [2.24, 2.45) is 0 Å². The van der Waals surface area contributed by atoms with Crippen LogP contribution < -0.4 is 18.9 Å². The van der Waals surface area contributed by atoms with Gasteiger partial charge in [0.15, 0.2) is 6.29 Å². The highest BCUT2D eigenvalue weighted by Crippen LogP contribution is 2.41. The first-order valence-electron chi connectivity index (χ1n) is 21.8. The molecule has 5 aromatic rings. The second kappa shape index (κ2) is 20.8. The summed E-state index contributed by atoms with van der Waals surface area (Å²) in [5, 5.41) is 0. The highest BCUT2D eigenvalue weighted by Gasteiger charge is 2.28. The van der Waals surface area contributed by atoms with Gasteiger partial charge in [-0.3, -0.25) is 4.79 Å². The molecule has 0 N–H and O–H groups in total. The topological polar surface area (TPSA) is 91.6 Å². The average Bonchev–Trinajstić information content (AvgIpc) is 4.14. The Morgan fingerprint density at radius 1 is 0.444 bits per heavy atom. The minimum Gasteiger partial charge on any atom is -0.490 e. The van der Waals surface area contributed by atoms with Crippen LogP contribution in [-0.2, 0) is 44.7 Å². The summed E-state index contributed by atoms with van der Waals surface area (Å²) >= 11 is 0. The fourth-order valence-corrected chi connectivity index (χ4v) is 8.14. The SMILES string of the molecule is C=CCc1cc(C(c2ccc(C(c3ccc(OCC4CO4)c(CC=C)c3)c3ccc(OCC4CO4)c(CC=C)c3)cc2)c2ccc(OCC3CO3)c(CC=C)c2)ccc1OCC=O. The van der Waals surface area contributed by atoms with Gasteiger partial charge < -0.3 is 33.2 Å². The zero-order valence-electron chi connectivity index (χ0n) is 35.9. The van der Waals surface area contributed by atoms with E-state index in [1.165, 1.54) is 0 Å². The van der Waals surface area contributed by atoms with Gasteiger partial charge >= 0.3 is 0 Å². The predicted octanol–water partition coefficient (Wildman–Crippen LogP) is 9.87. The van der Waals surface area contributed by atoms with Crippen LogP contribution in [0.15, 0.2) is 148 Å². The van der Waals surface area contributed by atoms with Crippen molar-refractivity contribution in [3.05, 3.63) is 203 Å². The van der Waals surface area contributed by atoms with Gasteiger partial charge in [-0.1, -0.05) is 97.1 Å². The van der Waals surface area contributed by atoms with E-state index in [-0.39, 0.29) is 36.8 Å². The van der Waals surface area contributed by atoms with Gasteiger partial charge in [-0.2, -0.15) is 0 Å². The number of rotatable bonds is 26. The van der Waals surface area contributed by atoms with Gasteiger partial charge in [-0.15, -0.1) is 26.3 Å². The Morgan fingerprint density at radius 3 is 0.968 bits per heavy atom. The molecule has 8 nitrogen and oxygen atoms in total. The van der Waals surface area contributed by atoms with E-state index in [4.69, 9.17) is 33.2 Å². The molecule has 3 aliphatic rings. The van der Waals surface area contributed by atoms with E-state index in [2.05, 4.69) is 117 Å². The van der Waals surface area contributed by atoms with Crippen LogP contribution in [0.3, 0.4) is 0 Å². The lowest BCUT2D eigenvalue weighted by Gasteiger charge is -2.25. The van der Waals surface area contributed by atoms with Crippen LogP contribution in [0.1, 0.15) is 67.5 Å². The van der Waals surface area contributed by atoms with E-state index >= 15 is 0 Å². The van der Waals surface area contributed by atoms with Crippen LogP contribution in [0.25, 0.3) is 0 Å². The van der Waals surface area contributed by atoms with Crippen LogP contribution in [0, 0.1) is 0 Å². The van der Waals surface area contributed by atoms with Crippen LogP contribution >= 0.6 is 0 Å². The van der Waals surface area contributed by atoms with Crippen molar-refractivity contribution in [1.82, 2.24) is 0 Å². The molecule has 324 valence electrons. The third-order valence-electron chi connectivity index (χ3n) is 11.5. The van der Waals surface area contributed by atoms with E-state index in [9.17, 15) is 4.79 Å². The maximum Gasteiger partial charge on any atom is 0.157 e. The van der Waals surface area contributed by atoms with E-state index < -0.39 is 0 Å². The van der Waals surface area contributed by atoms with E-state index in [0.717, 1.165) is 99.0 Å².